The lowest BCUT2D eigenvalue weighted by Crippen LogP contribution is -2.28. The molecule has 8 heteroatoms. The second-order valence-corrected chi connectivity index (χ2v) is 12.4. The molecule has 8 nitrogen and oxygen atoms in total. The van der Waals surface area contributed by atoms with Crippen LogP contribution in [0.2, 0.25) is 0 Å². The van der Waals surface area contributed by atoms with E-state index in [-0.39, 0.29) is 17.4 Å². The van der Waals surface area contributed by atoms with Crippen molar-refractivity contribution in [2.24, 2.45) is 0 Å². The van der Waals surface area contributed by atoms with Gasteiger partial charge in [-0.3, -0.25) is 0 Å². The molecule has 220 valence electrons. The van der Waals surface area contributed by atoms with Crippen molar-refractivity contribution >= 4 is 6.16 Å². The molecule has 0 spiro atoms. The average Bonchev–Trinajstić information content (AvgIpc) is 2.77. The topological polar surface area (TPSA) is 92.7 Å². The van der Waals surface area contributed by atoms with Gasteiger partial charge in [0.05, 0.1) is 52.9 Å². The van der Waals surface area contributed by atoms with Gasteiger partial charge in [-0.05, 0) is 50.0 Å². The minimum Gasteiger partial charge on any atom is -0.428 e. The Labute approximate surface area is 230 Å². The Balaban J connectivity index is 2.63. The van der Waals surface area contributed by atoms with E-state index in [1.165, 1.54) is 5.56 Å². The van der Waals surface area contributed by atoms with Crippen molar-refractivity contribution in [2.45, 2.75) is 91.6 Å². The summed E-state index contributed by atoms with van der Waals surface area (Å²) in [7, 11) is 0. The van der Waals surface area contributed by atoms with Crippen LogP contribution in [0.3, 0.4) is 0 Å². The number of aliphatic hydroxyl groups excluding tert-OH is 1. The van der Waals surface area contributed by atoms with E-state index in [4.69, 9.17) is 33.5 Å². The zero-order valence-corrected chi connectivity index (χ0v) is 25.2. The number of carbonyl (C=O) groups excluding carboxylic acids is 1. The quantitative estimate of drug-likeness (QED) is 0.165. The van der Waals surface area contributed by atoms with Crippen LogP contribution in [-0.4, -0.2) is 76.3 Å². The van der Waals surface area contributed by atoms with E-state index in [2.05, 4.69) is 53.7 Å². The fourth-order valence-electron chi connectivity index (χ4n) is 3.62. The zero-order chi connectivity index (χ0) is 28.8. The molecule has 0 saturated carbocycles. The molecule has 1 N–H and O–H groups in total. The summed E-state index contributed by atoms with van der Waals surface area (Å²) >= 11 is 0. The van der Waals surface area contributed by atoms with E-state index < -0.39 is 11.8 Å². The van der Waals surface area contributed by atoms with E-state index in [1.807, 2.05) is 20.8 Å². The Hall–Kier alpha value is -1.71. The lowest BCUT2D eigenvalue weighted by molar-refractivity contribution is -0.00563. The predicted octanol–water partition coefficient (Wildman–Crippen LogP) is 5.59. The van der Waals surface area contributed by atoms with Crippen LogP contribution in [0.5, 0.6) is 5.75 Å². The number of hydrogen-bond donors (Lipinski definition) is 1. The van der Waals surface area contributed by atoms with Crippen molar-refractivity contribution in [1.29, 1.82) is 0 Å². The summed E-state index contributed by atoms with van der Waals surface area (Å²) in [4.78, 5) is 12.6. The minimum atomic E-state index is -0.685. The van der Waals surface area contributed by atoms with Crippen LogP contribution < -0.4 is 4.74 Å². The largest absolute Gasteiger partial charge is 0.514 e. The summed E-state index contributed by atoms with van der Waals surface area (Å²) in [6.45, 7) is 22.2. The van der Waals surface area contributed by atoms with Crippen LogP contribution in [0.25, 0.3) is 0 Å². The molecule has 38 heavy (non-hydrogen) atoms. The van der Waals surface area contributed by atoms with Gasteiger partial charge < -0.3 is 33.5 Å². The first-order valence-electron chi connectivity index (χ1n) is 13.7. The summed E-state index contributed by atoms with van der Waals surface area (Å²) in [6.07, 6.45) is 1.04. The van der Waals surface area contributed by atoms with Crippen molar-refractivity contribution < 1.29 is 38.3 Å². The monoisotopic (exact) mass is 540 g/mol. The lowest BCUT2D eigenvalue weighted by atomic mass is 9.78. The maximum Gasteiger partial charge on any atom is 0.514 e. The number of aryl methyl sites for hydroxylation is 1. The van der Waals surface area contributed by atoms with Crippen molar-refractivity contribution in [1.82, 2.24) is 0 Å². The predicted molar refractivity (Wildman–Crippen MR) is 149 cm³/mol. The van der Waals surface area contributed by atoms with Gasteiger partial charge in [0.1, 0.15) is 11.4 Å². The maximum absolute atomic E-state index is 12.6. The highest BCUT2D eigenvalue weighted by Crippen LogP contribution is 2.41. The third-order valence-corrected chi connectivity index (χ3v) is 5.45. The molecule has 1 aromatic rings. The molecule has 0 bridgehead atoms. The van der Waals surface area contributed by atoms with Gasteiger partial charge >= 0.3 is 6.16 Å². The van der Waals surface area contributed by atoms with E-state index in [1.54, 1.807) is 0 Å². The van der Waals surface area contributed by atoms with E-state index in [0.29, 0.717) is 58.6 Å². The number of ether oxygens (including phenoxy) is 6. The molecular formula is C30H52O8. The Morgan fingerprint density at radius 1 is 0.684 bits per heavy atom. The zero-order valence-electron chi connectivity index (χ0n) is 25.2. The number of carbonyl (C=O) groups is 1. The molecule has 0 atom stereocenters. The number of hydrogen-bond acceptors (Lipinski definition) is 8. The highest BCUT2D eigenvalue weighted by molar-refractivity contribution is 5.67. The van der Waals surface area contributed by atoms with Gasteiger partial charge in [0.25, 0.3) is 0 Å². The van der Waals surface area contributed by atoms with Gasteiger partial charge in [0.2, 0.25) is 0 Å². The van der Waals surface area contributed by atoms with E-state index in [0.717, 1.165) is 24.0 Å². The van der Waals surface area contributed by atoms with Gasteiger partial charge in [-0.1, -0.05) is 53.7 Å². The van der Waals surface area contributed by atoms with Gasteiger partial charge in [-0.2, -0.15) is 0 Å². The fourth-order valence-corrected chi connectivity index (χ4v) is 3.62. The molecule has 0 saturated heterocycles. The Morgan fingerprint density at radius 3 is 1.50 bits per heavy atom. The van der Waals surface area contributed by atoms with Crippen LogP contribution in [-0.2, 0) is 40.9 Å². The highest BCUT2D eigenvalue weighted by atomic mass is 16.7. The molecule has 0 radical (unpaired) electrons. The minimum absolute atomic E-state index is 0.0239. The molecule has 1 aromatic carbocycles. The Kier molecular flexibility index (Phi) is 14.8. The van der Waals surface area contributed by atoms with E-state index >= 15 is 0 Å². The second kappa shape index (κ2) is 16.4. The average molecular weight is 541 g/mol. The molecule has 0 unspecified atom stereocenters. The molecule has 0 aliphatic carbocycles. The van der Waals surface area contributed by atoms with Crippen LogP contribution >= 0.6 is 0 Å². The lowest BCUT2D eigenvalue weighted by Gasteiger charge is -2.30. The summed E-state index contributed by atoms with van der Waals surface area (Å²) in [5.41, 5.74) is 2.09. The molecule has 0 amide bonds. The molecule has 0 aliphatic rings. The normalized spacial score (nSPS) is 12.6. The van der Waals surface area contributed by atoms with Crippen LogP contribution in [0.15, 0.2) is 12.1 Å². The number of aliphatic hydroxyl groups is 1. The standard InChI is InChI=1S/C30H52O8/c1-28(2,3)24-21-23(11-10-13-33-15-17-35-19-20-36-18-16-34-14-12-31)22-25(29(4,5)6)26(24)37-27(32)38-30(7,8)9/h21-22,31H,10-20H2,1-9H3. The van der Waals surface area contributed by atoms with Crippen LogP contribution in [0.1, 0.15) is 85.4 Å². The molecular weight excluding hydrogens is 488 g/mol. The molecule has 0 aliphatic heterocycles. The summed E-state index contributed by atoms with van der Waals surface area (Å²) < 4.78 is 33.1. The van der Waals surface area contributed by atoms with Crippen molar-refractivity contribution in [3.05, 3.63) is 28.8 Å². The molecule has 0 aromatic heterocycles. The smallest absolute Gasteiger partial charge is 0.428 e. The second-order valence-electron chi connectivity index (χ2n) is 12.4. The first-order valence-corrected chi connectivity index (χ1v) is 13.7. The van der Waals surface area contributed by atoms with Gasteiger partial charge in [-0.15, -0.1) is 0 Å². The fraction of sp³-hybridized carbons (Fsp3) is 0.767. The number of rotatable bonds is 16. The molecule has 0 fully saturated rings. The van der Waals surface area contributed by atoms with Gasteiger partial charge in [-0.25, -0.2) is 4.79 Å². The molecule has 1 rings (SSSR count). The summed E-state index contributed by atoms with van der Waals surface area (Å²) in [5.74, 6) is 0.595. The number of benzene rings is 1. The third kappa shape index (κ3) is 14.4. The van der Waals surface area contributed by atoms with Crippen molar-refractivity contribution in [3.63, 3.8) is 0 Å². The van der Waals surface area contributed by atoms with Gasteiger partial charge in [0, 0.05) is 17.7 Å². The van der Waals surface area contributed by atoms with Crippen LogP contribution in [0, 0.1) is 0 Å². The maximum atomic E-state index is 12.6. The van der Waals surface area contributed by atoms with E-state index in [9.17, 15) is 4.79 Å². The van der Waals surface area contributed by atoms with Gasteiger partial charge in [0.15, 0.2) is 0 Å². The summed E-state index contributed by atoms with van der Waals surface area (Å²) in [6, 6.07) is 4.29. The Bertz CT molecular complexity index is 780. The molecule has 0 heterocycles. The highest BCUT2D eigenvalue weighted by Gasteiger charge is 2.30. The SMILES string of the molecule is CC(C)(C)OC(=O)Oc1c(C(C)(C)C)cc(CCCOCCOCCOCCOCCO)cc1C(C)(C)C. The third-order valence-electron chi connectivity index (χ3n) is 5.45. The first kappa shape index (κ1) is 34.3. The Morgan fingerprint density at radius 2 is 1.11 bits per heavy atom. The van der Waals surface area contributed by atoms with Crippen LogP contribution in [0.4, 0.5) is 4.79 Å². The first-order chi connectivity index (χ1) is 17.6. The van der Waals surface area contributed by atoms with Crippen molar-refractivity contribution in [2.75, 3.05) is 59.5 Å². The van der Waals surface area contributed by atoms with Crippen molar-refractivity contribution in [3.8, 4) is 5.75 Å². The summed E-state index contributed by atoms with van der Waals surface area (Å²) in [5, 5.41) is 8.63.